The van der Waals surface area contributed by atoms with E-state index < -0.39 is 65.7 Å². The maximum absolute atomic E-state index is 13.5. The van der Waals surface area contributed by atoms with E-state index in [1.165, 1.54) is 13.1 Å². The van der Waals surface area contributed by atoms with Gasteiger partial charge in [-0.15, -0.1) is 0 Å². The number of esters is 1. The van der Waals surface area contributed by atoms with Crippen molar-refractivity contribution in [2.24, 2.45) is 0 Å². The summed E-state index contributed by atoms with van der Waals surface area (Å²) >= 11 is 0. The van der Waals surface area contributed by atoms with E-state index in [-0.39, 0.29) is 27.5 Å². The molecule has 22 heteroatoms. The zero-order valence-electron chi connectivity index (χ0n) is 24.5. The summed E-state index contributed by atoms with van der Waals surface area (Å²) in [5.74, 6) is -0.790. The van der Waals surface area contributed by atoms with Crippen LogP contribution in [0.4, 0.5) is 0 Å². The molecule has 1 aromatic heterocycles. The number of benzene rings is 1. The first-order valence-electron chi connectivity index (χ1n) is 13.0. The SMILES string of the molecule is Cc1cn([C@H]2CC(OC(=O)c3ccccc3C(C)SSC(C)(C)C)[C@@H](COP(=O)(O)OP(=O)(O)OP(=O)(O)O)O2)c(=O)[nH]c1=O. The summed E-state index contributed by atoms with van der Waals surface area (Å²) in [4.78, 5) is 76.8. The minimum Gasteiger partial charge on any atom is -0.456 e. The number of carbonyl (C=O) groups is 1. The quantitative estimate of drug-likeness (QED) is 0.111. The Morgan fingerprint density at radius 3 is 2.38 bits per heavy atom. The molecule has 4 unspecified atom stereocenters. The molecule has 45 heavy (non-hydrogen) atoms. The molecular weight excluding hydrogens is 701 g/mol. The van der Waals surface area contributed by atoms with Crippen LogP contribution in [-0.2, 0) is 36.3 Å². The molecule has 0 saturated carbocycles. The second-order valence-corrected chi connectivity index (χ2v) is 18.5. The highest BCUT2D eigenvalue weighted by atomic mass is 33.1. The Hall–Kier alpha value is -1.56. The monoisotopic (exact) mass is 734 g/mol. The van der Waals surface area contributed by atoms with Crippen molar-refractivity contribution in [3.05, 3.63) is 68.0 Å². The average Bonchev–Trinajstić information content (AvgIpc) is 3.27. The predicted molar refractivity (Wildman–Crippen MR) is 163 cm³/mol. The van der Waals surface area contributed by atoms with E-state index in [9.17, 15) is 37.9 Å². The molecule has 0 radical (unpaired) electrons. The number of phosphoric acid groups is 3. The van der Waals surface area contributed by atoms with E-state index in [0.29, 0.717) is 5.56 Å². The number of aryl methyl sites for hydroxylation is 1. The first kappa shape index (κ1) is 37.9. The summed E-state index contributed by atoms with van der Waals surface area (Å²) in [6, 6.07) is 6.72. The topological polar surface area (TPSA) is 250 Å². The fourth-order valence-corrected chi connectivity index (χ4v) is 9.31. The van der Waals surface area contributed by atoms with Gasteiger partial charge in [0.15, 0.2) is 0 Å². The third-order valence-electron chi connectivity index (χ3n) is 5.77. The van der Waals surface area contributed by atoms with E-state index in [0.717, 1.165) is 4.57 Å². The molecule has 1 saturated heterocycles. The summed E-state index contributed by atoms with van der Waals surface area (Å²) in [6.07, 6.45) is -2.80. The predicted octanol–water partition coefficient (Wildman–Crippen LogP) is 3.94. The molecule has 3 rings (SSSR count). The Morgan fingerprint density at radius 2 is 1.76 bits per heavy atom. The minimum absolute atomic E-state index is 0.0580. The van der Waals surface area contributed by atoms with Crippen LogP contribution >= 0.6 is 45.1 Å². The number of ether oxygens (including phenoxy) is 2. The van der Waals surface area contributed by atoms with Gasteiger partial charge in [0.2, 0.25) is 0 Å². The summed E-state index contributed by atoms with van der Waals surface area (Å²) in [5, 5.41) is -0.144. The molecular formula is C23H33N2O15P3S2. The highest BCUT2D eigenvalue weighted by Gasteiger charge is 2.44. The molecule has 6 atom stereocenters. The second kappa shape index (κ2) is 14.7. The van der Waals surface area contributed by atoms with Gasteiger partial charge in [0.25, 0.3) is 5.56 Å². The van der Waals surface area contributed by atoms with Crippen LogP contribution in [0.15, 0.2) is 40.1 Å². The third-order valence-corrected chi connectivity index (χ3v) is 13.4. The first-order chi connectivity index (χ1) is 20.6. The van der Waals surface area contributed by atoms with Crippen LogP contribution < -0.4 is 11.2 Å². The number of nitrogens with one attached hydrogen (secondary N) is 1. The molecule has 5 N–H and O–H groups in total. The fourth-order valence-electron chi connectivity index (χ4n) is 3.92. The van der Waals surface area contributed by atoms with Gasteiger partial charge in [-0.2, -0.15) is 8.62 Å². The summed E-state index contributed by atoms with van der Waals surface area (Å²) in [7, 11) is -13.8. The molecule has 0 spiro atoms. The van der Waals surface area contributed by atoms with Crippen molar-refractivity contribution in [2.45, 2.75) is 69.5 Å². The van der Waals surface area contributed by atoms with Gasteiger partial charge in [0.05, 0.1) is 12.2 Å². The van der Waals surface area contributed by atoms with Crippen molar-refractivity contribution in [1.82, 2.24) is 9.55 Å². The molecule has 1 aliphatic heterocycles. The molecule has 0 aliphatic carbocycles. The number of hydrogen-bond donors (Lipinski definition) is 5. The lowest BCUT2D eigenvalue weighted by Crippen LogP contribution is -2.33. The minimum atomic E-state index is -5.79. The number of aromatic nitrogens is 2. The Morgan fingerprint density at radius 1 is 1.11 bits per heavy atom. The number of hydrogen-bond acceptors (Lipinski definition) is 13. The van der Waals surface area contributed by atoms with Crippen LogP contribution in [0.2, 0.25) is 0 Å². The van der Waals surface area contributed by atoms with Gasteiger partial charge in [-0.3, -0.25) is 18.9 Å². The Balaban J connectivity index is 1.86. The summed E-state index contributed by atoms with van der Waals surface area (Å²) < 4.78 is 59.6. The Bertz CT molecular complexity index is 1650. The van der Waals surface area contributed by atoms with Gasteiger partial charge in [-0.25, -0.2) is 23.3 Å². The van der Waals surface area contributed by atoms with Crippen LogP contribution in [-0.4, -0.2) is 58.7 Å². The van der Waals surface area contributed by atoms with Gasteiger partial charge < -0.3 is 29.0 Å². The van der Waals surface area contributed by atoms with Crippen LogP contribution in [0, 0.1) is 6.92 Å². The smallest absolute Gasteiger partial charge is 0.456 e. The second-order valence-electron chi connectivity index (χ2n) is 10.7. The zero-order chi connectivity index (χ0) is 34.0. The zero-order valence-corrected chi connectivity index (χ0v) is 28.8. The van der Waals surface area contributed by atoms with Crippen molar-refractivity contribution in [3.8, 4) is 0 Å². The summed E-state index contributed by atoms with van der Waals surface area (Å²) in [5.41, 5.74) is -0.468. The normalized spacial score (nSPS) is 22.4. The third kappa shape index (κ3) is 11.6. The van der Waals surface area contributed by atoms with E-state index in [1.807, 2.05) is 27.7 Å². The molecule has 17 nitrogen and oxygen atoms in total. The molecule has 2 heterocycles. The first-order valence-corrected chi connectivity index (χ1v) is 19.7. The number of phosphoric ester groups is 1. The Kier molecular flexibility index (Phi) is 12.4. The fraction of sp³-hybridized carbons (Fsp3) is 0.522. The van der Waals surface area contributed by atoms with E-state index in [2.05, 4.69) is 13.6 Å². The highest BCUT2D eigenvalue weighted by molar-refractivity contribution is 8.77. The van der Waals surface area contributed by atoms with Crippen LogP contribution in [0.25, 0.3) is 0 Å². The lowest BCUT2D eigenvalue weighted by molar-refractivity contribution is -0.0512. The maximum atomic E-state index is 13.5. The molecule has 0 amide bonds. The largest absolute Gasteiger partial charge is 0.490 e. The average molecular weight is 735 g/mol. The van der Waals surface area contributed by atoms with Gasteiger partial charge in [0.1, 0.15) is 18.4 Å². The number of aromatic amines is 1. The van der Waals surface area contributed by atoms with Crippen molar-refractivity contribution in [2.75, 3.05) is 6.61 Å². The van der Waals surface area contributed by atoms with Gasteiger partial charge >= 0.3 is 35.1 Å². The van der Waals surface area contributed by atoms with E-state index in [1.54, 1.807) is 45.9 Å². The lowest BCUT2D eigenvalue weighted by Gasteiger charge is -2.23. The Labute approximate surface area is 264 Å². The maximum Gasteiger partial charge on any atom is 0.490 e. The molecule has 0 bridgehead atoms. The molecule has 1 aliphatic rings. The summed E-state index contributed by atoms with van der Waals surface area (Å²) in [6.45, 7) is 8.55. The molecule has 1 aromatic carbocycles. The lowest BCUT2D eigenvalue weighted by atomic mass is 10.0. The van der Waals surface area contributed by atoms with Crippen molar-refractivity contribution in [1.29, 1.82) is 0 Å². The van der Waals surface area contributed by atoms with Crippen molar-refractivity contribution < 1.29 is 60.7 Å². The molecule has 252 valence electrons. The number of H-pyrrole nitrogens is 1. The van der Waals surface area contributed by atoms with E-state index in [4.69, 9.17) is 23.8 Å². The van der Waals surface area contributed by atoms with Gasteiger partial charge in [-0.1, -0.05) is 60.6 Å². The number of rotatable bonds is 13. The van der Waals surface area contributed by atoms with Gasteiger partial charge in [0, 0.05) is 28.2 Å². The van der Waals surface area contributed by atoms with Crippen molar-refractivity contribution in [3.63, 3.8) is 0 Å². The van der Waals surface area contributed by atoms with Crippen LogP contribution in [0.3, 0.4) is 0 Å². The van der Waals surface area contributed by atoms with Crippen molar-refractivity contribution >= 4 is 51.0 Å². The van der Waals surface area contributed by atoms with E-state index >= 15 is 0 Å². The molecule has 2 aromatic rings. The standard InChI is InChI=1S/C23H33N2O15P3S2/c1-13-11-25(22(28)24-20(13)26)19-10-17(18(37-19)12-36-42(32,33)40-43(34,35)39-41(29,30)31)38-21(27)16-9-7-6-8-15(16)14(2)44-45-23(3,4)5/h6-9,11,14,17-19H,10,12H2,1-5H3,(H,32,33)(H,34,35)(H,24,26,28)(H2,29,30,31)/t14?,17?,18-,19-/m1/s1. The number of nitrogens with zero attached hydrogens (tertiary/aromatic N) is 1. The van der Waals surface area contributed by atoms with Crippen LogP contribution in [0.5, 0.6) is 0 Å². The van der Waals surface area contributed by atoms with Crippen LogP contribution in [0.1, 0.15) is 67.1 Å². The molecule has 1 fully saturated rings. The number of carbonyl (C=O) groups excluding carboxylic acids is 1. The van der Waals surface area contributed by atoms with Gasteiger partial charge in [-0.05, 0) is 25.5 Å². The highest BCUT2D eigenvalue weighted by Crippen LogP contribution is 2.66.